The molecule has 1 atom stereocenters. The van der Waals surface area contributed by atoms with Gasteiger partial charge < -0.3 is 20.7 Å². The van der Waals surface area contributed by atoms with Gasteiger partial charge in [-0.2, -0.15) is 0 Å². The van der Waals surface area contributed by atoms with Gasteiger partial charge in [0.1, 0.15) is 6.04 Å². The number of anilines is 1. The van der Waals surface area contributed by atoms with Crippen molar-refractivity contribution in [2.75, 3.05) is 38.1 Å². The minimum Gasteiger partial charge on any atom is -0.465 e. The quantitative estimate of drug-likeness (QED) is 0.351. The molecular formula is C23H34N4O5. The molecule has 0 aromatic heterocycles. The number of rotatable bonds is 11. The van der Waals surface area contributed by atoms with Crippen LogP contribution in [0.15, 0.2) is 24.3 Å². The van der Waals surface area contributed by atoms with Crippen LogP contribution in [0.5, 0.6) is 0 Å². The van der Waals surface area contributed by atoms with E-state index in [1.807, 2.05) is 20.8 Å². The SMILES string of the molecule is CCCCNC(=O)c1cccc(NC(=O)CN2CCNC(=O)C2CC(=O)OCC(C)C)c1. The van der Waals surface area contributed by atoms with Crippen molar-refractivity contribution in [2.24, 2.45) is 5.92 Å². The van der Waals surface area contributed by atoms with Gasteiger partial charge >= 0.3 is 5.97 Å². The predicted octanol–water partition coefficient (Wildman–Crippen LogP) is 1.54. The molecule has 1 aromatic carbocycles. The lowest BCUT2D eigenvalue weighted by Gasteiger charge is -2.33. The Morgan fingerprint density at radius 3 is 2.78 bits per heavy atom. The molecule has 0 radical (unpaired) electrons. The monoisotopic (exact) mass is 446 g/mol. The number of unbranched alkanes of at least 4 members (excludes halogenated alkanes) is 1. The van der Waals surface area contributed by atoms with Gasteiger partial charge in [0.2, 0.25) is 11.8 Å². The number of carbonyl (C=O) groups is 4. The van der Waals surface area contributed by atoms with Crippen LogP contribution in [0.2, 0.25) is 0 Å². The van der Waals surface area contributed by atoms with E-state index in [-0.39, 0.29) is 43.2 Å². The molecule has 1 aliphatic heterocycles. The van der Waals surface area contributed by atoms with Crippen LogP contribution >= 0.6 is 0 Å². The summed E-state index contributed by atoms with van der Waals surface area (Å²) in [5.41, 5.74) is 0.953. The first kappa shape index (κ1) is 25.3. The zero-order valence-electron chi connectivity index (χ0n) is 19.1. The van der Waals surface area contributed by atoms with Gasteiger partial charge in [-0.05, 0) is 30.5 Å². The minimum absolute atomic E-state index is 0.0531. The Hall–Kier alpha value is -2.94. The number of benzene rings is 1. The zero-order valence-corrected chi connectivity index (χ0v) is 19.1. The number of carbonyl (C=O) groups excluding carboxylic acids is 4. The van der Waals surface area contributed by atoms with Crippen LogP contribution < -0.4 is 16.0 Å². The van der Waals surface area contributed by atoms with Crippen molar-refractivity contribution in [1.82, 2.24) is 15.5 Å². The van der Waals surface area contributed by atoms with Crippen molar-refractivity contribution >= 4 is 29.4 Å². The highest BCUT2D eigenvalue weighted by molar-refractivity contribution is 5.98. The molecule has 9 nitrogen and oxygen atoms in total. The fourth-order valence-corrected chi connectivity index (χ4v) is 3.25. The summed E-state index contributed by atoms with van der Waals surface area (Å²) in [5, 5.41) is 8.35. The number of amides is 3. The first-order chi connectivity index (χ1) is 15.3. The summed E-state index contributed by atoms with van der Waals surface area (Å²) < 4.78 is 5.19. The second-order valence-corrected chi connectivity index (χ2v) is 8.30. The van der Waals surface area contributed by atoms with Crippen LogP contribution in [0.1, 0.15) is 50.4 Å². The van der Waals surface area contributed by atoms with E-state index < -0.39 is 12.0 Å². The van der Waals surface area contributed by atoms with Crippen LogP contribution in [0.3, 0.4) is 0 Å². The predicted molar refractivity (Wildman–Crippen MR) is 121 cm³/mol. The summed E-state index contributed by atoms with van der Waals surface area (Å²) in [6.07, 6.45) is 1.78. The van der Waals surface area contributed by atoms with Gasteiger partial charge in [-0.3, -0.25) is 24.1 Å². The van der Waals surface area contributed by atoms with Gasteiger partial charge in [0.25, 0.3) is 5.91 Å². The number of nitrogens with zero attached hydrogens (tertiary/aromatic N) is 1. The number of nitrogens with one attached hydrogen (secondary N) is 3. The second kappa shape index (κ2) is 12.8. The van der Waals surface area contributed by atoms with Crippen LogP contribution in [-0.2, 0) is 19.1 Å². The molecule has 1 heterocycles. The standard InChI is InChI=1S/C23H34N4O5/c1-4-5-9-24-22(30)17-7-6-8-18(12-17)26-20(28)14-27-11-10-25-23(31)19(27)13-21(29)32-15-16(2)3/h6-8,12,16,19H,4-5,9-11,13-15H2,1-3H3,(H,24,30)(H,25,31)(H,26,28). The average molecular weight is 447 g/mol. The smallest absolute Gasteiger partial charge is 0.307 e. The topological polar surface area (TPSA) is 117 Å². The number of hydrogen-bond acceptors (Lipinski definition) is 6. The molecule has 2 rings (SSSR count). The number of piperazine rings is 1. The zero-order chi connectivity index (χ0) is 23.5. The lowest BCUT2D eigenvalue weighted by atomic mass is 10.1. The number of esters is 1. The minimum atomic E-state index is -0.759. The maximum atomic E-state index is 12.6. The summed E-state index contributed by atoms with van der Waals surface area (Å²) in [5.74, 6) is -1.08. The molecule has 32 heavy (non-hydrogen) atoms. The maximum absolute atomic E-state index is 12.6. The van der Waals surface area contributed by atoms with Crippen molar-refractivity contribution < 1.29 is 23.9 Å². The van der Waals surface area contributed by atoms with E-state index in [2.05, 4.69) is 16.0 Å². The van der Waals surface area contributed by atoms with Crippen molar-refractivity contribution in [1.29, 1.82) is 0 Å². The highest BCUT2D eigenvalue weighted by Gasteiger charge is 2.33. The van der Waals surface area contributed by atoms with Crippen LogP contribution in [0, 0.1) is 5.92 Å². The van der Waals surface area contributed by atoms with E-state index in [1.165, 1.54) is 0 Å². The third-order valence-electron chi connectivity index (χ3n) is 4.95. The van der Waals surface area contributed by atoms with Crippen molar-refractivity contribution in [3.8, 4) is 0 Å². The Balaban J connectivity index is 1.95. The molecule has 1 fully saturated rings. The van der Waals surface area contributed by atoms with Gasteiger partial charge in [0.05, 0.1) is 19.6 Å². The average Bonchev–Trinajstić information content (AvgIpc) is 2.75. The van der Waals surface area contributed by atoms with E-state index in [4.69, 9.17) is 4.74 Å². The lowest BCUT2D eigenvalue weighted by molar-refractivity contribution is -0.149. The molecule has 0 bridgehead atoms. The highest BCUT2D eigenvalue weighted by Crippen LogP contribution is 2.13. The Morgan fingerprint density at radius 1 is 1.28 bits per heavy atom. The fourth-order valence-electron chi connectivity index (χ4n) is 3.25. The lowest BCUT2D eigenvalue weighted by Crippen LogP contribution is -2.57. The molecular weight excluding hydrogens is 412 g/mol. The molecule has 9 heteroatoms. The molecule has 176 valence electrons. The first-order valence-electron chi connectivity index (χ1n) is 11.2. The van der Waals surface area contributed by atoms with Crippen LogP contribution in [-0.4, -0.2) is 67.4 Å². The Bertz CT molecular complexity index is 811. The number of hydrogen-bond donors (Lipinski definition) is 3. The summed E-state index contributed by atoms with van der Waals surface area (Å²) in [7, 11) is 0. The third-order valence-corrected chi connectivity index (χ3v) is 4.95. The Morgan fingerprint density at radius 2 is 2.06 bits per heavy atom. The van der Waals surface area contributed by atoms with E-state index >= 15 is 0 Å². The van der Waals surface area contributed by atoms with Gasteiger partial charge in [-0.25, -0.2) is 0 Å². The summed E-state index contributed by atoms with van der Waals surface area (Å²) in [6, 6.07) is 5.94. The Kier molecular flexibility index (Phi) is 10.1. The Labute approximate surface area is 189 Å². The van der Waals surface area contributed by atoms with Crippen molar-refractivity contribution in [3.63, 3.8) is 0 Å². The summed E-state index contributed by atoms with van der Waals surface area (Å²) in [6.45, 7) is 7.59. The van der Waals surface area contributed by atoms with Gasteiger partial charge in [-0.1, -0.05) is 33.3 Å². The molecule has 3 N–H and O–H groups in total. The molecule has 1 unspecified atom stereocenters. The van der Waals surface area contributed by atoms with Crippen LogP contribution in [0.4, 0.5) is 5.69 Å². The maximum Gasteiger partial charge on any atom is 0.307 e. The van der Waals surface area contributed by atoms with Crippen LogP contribution in [0.25, 0.3) is 0 Å². The normalized spacial score (nSPS) is 16.4. The third kappa shape index (κ3) is 8.30. The molecule has 1 saturated heterocycles. The molecule has 0 saturated carbocycles. The fraction of sp³-hybridized carbons (Fsp3) is 0.565. The largest absolute Gasteiger partial charge is 0.465 e. The molecule has 0 aliphatic carbocycles. The van der Waals surface area contributed by atoms with Crippen molar-refractivity contribution in [3.05, 3.63) is 29.8 Å². The van der Waals surface area contributed by atoms with E-state index in [9.17, 15) is 19.2 Å². The van der Waals surface area contributed by atoms with Gasteiger partial charge in [0.15, 0.2) is 0 Å². The molecule has 1 aromatic rings. The van der Waals surface area contributed by atoms with E-state index in [0.717, 1.165) is 12.8 Å². The second-order valence-electron chi connectivity index (χ2n) is 8.30. The highest BCUT2D eigenvalue weighted by atomic mass is 16.5. The van der Waals surface area contributed by atoms with E-state index in [0.29, 0.717) is 30.9 Å². The molecule has 1 aliphatic rings. The van der Waals surface area contributed by atoms with Gasteiger partial charge in [-0.15, -0.1) is 0 Å². The summed E-state index contributed by atoms with van der Waals surface area (Å²) in [4.78, 5) is 50.9. The first-order valence-corrected chi connectivity index (χ1v) is 11.2. The molecule has 3 amide bonds. The number of ether oxygens (including phenoxy) is 1. The van der Waals surface area contributed by atoms with Crippen molar-refractivity contribution in [2.45, 2.75) is 46.1 Å². The van der Waals surface area contributed by atoms with Gasteiger partial charge in [0, 0.05) is 30.9 Å². The molecule has 0 spiro atoms. The summed E-state index contributed by atoms with van der Waals surface area (Å²) >= 11 is 0. The van der Waals surface area contributed by atoms with E-state index in [1.54, 1.807) is 29.2 Å².